The van der Waals surface area contributed by atoms with Gasteiger partial charge < -0.3 is 14.2 Å². The fourth-order valence-electron chi connectivity index (χ4n) is 2.36. The molecule has 1 spiro atoms. The molecule has 86 valence electrons. The van der Waals surface area contributed by atoms with E-state index in [9.17, 15) is 4.79 Å². The summed E-state index contributed by atoms with van der Waals surface area (Å²) < 4.78 is 16.0. The first-order valence-corrected chi connectivity index (χ1v) is 5.45. The van der Waals surface area contributed by atoms with Crippen molar-refractivity contribution < 1.29 is 19.0 Å². The zero-order chi connectivity index (χ0) is 11.1. The molecule has 4 heteroatoms. The van der Waals surface area contributed by atoms with Crippen molar-refractivity contribution in [2.75, 3.05) is 13.7 Å². The van der Waals surface area contributed by atoms with E-state index in [4.69, 9.17) is 14.2 Å². The van der Waals surface area contributed by atoms with Crippen LogP contribution in [-0.2, 0) is 19.0 Å². The lowest BCUT2D eigenvalue weighted by molar-refractivity contribution is -0.142. The Balaban J connectivity index is 2.04. The number of carbonyl (C=O) groups is 1. The van der Waals surface area contributed by atoms with Gasteiger partial charge in [-0.05, 0) is 13.3 Å². The van der Waals surface area contributed by atoms with Crippen LogP contribution in [0, 0.1) is 0 Å². The van der Waals surface area contributed by atoms with E-state index in [0.29, 0.717) is 6.61 Å². The summed E-state index contributed by atoms with van der Waals surface area (Å²) in [5.41, 5.74) is -0.447. The normalized spacial score (nSPS) is 44.1. The maximum Gasteiger partial charge on any atom is 0.338 e. The Morgan fingerprint density at radius 2 is 2.33 bits per heavy atom. The predicted octanol–water partition coefficient (Wildman–Crippen LogP) is 1.28. The Hall–Kier alpha value is -0.610. The van der Waals surface area contributed by atoms with Gasteiger partial charge in [-0.25, -0.2) is 4.79 Å². The molecule has 15 heavy (non-hydrogen) atoms. The molecule has 0 aliphatic carbocycles. The third kappa shape index (κ3) is 1.76. The summed E-state index contributed by atoms with van der Waals surface area (Å²) in [6.45, 7) is 4.83. The predicted molar refractivity (Wildman–Crippen MR) is 53.5 cm³/mol. The van der Waals surface area contributed by atoms with Crippen LogP contribution in [0.2, 0.25) is 0 Å². The molecule has 2 aliphatic rings. The van der Waals surface area contributed by atoms with Crippen LogP contribution in [0.3, 0.4) is 0 Å². The highest BCUT2D eigenvalue weighted by Crippen LogP contribution is 2.50. The van der Waals surface area contributed by atoms with Gasteiger partial charge in [-0.15, -0.1) is 0 Å². The minimum atomic E-state index is -0.364. The van der Waals surface area contributed by atoms with Crippen molar-refractivity contribution in [1.82, 2.24) is 0 Å². The molecule has 2 saturated heterocycles. The second kappa shape index (κ2) is 3.46. The van der Waals surface area contributed by atoms with Gasteiger partial charge in [0.1, 0.15) is 5.60 Å². The molecule has 0 aromatic rings. The van der Waals surface area contributed by atoms with Crippen LogP contribution in [0.15, 0.2) is 0 Å². The molecule has 2 heterocycles. The molecule has 0 saturated carbocycles. The van der Waals surface area contributed by atoms with Gasteiger partial charge in [0.25, 0.3) is 0 Å². The molecule has 2 aliphatic heterocycles. The van der Waals surface area contributed by atoms with Gasteiger partial charge >= 0.3 is 5.97 Å². The van der Waals surface area contributed by atoms with E-state index >= 15 is 0 Å². The summed E-state index contributed by atoms with van der Waals surface area (Å²) in [6, 6.07) is 0. The van der Waals surface area contributed by atoms with Crippen molar-refractivity contribution in [2.24, 2.45) is 0 Å². The first-order valence-electron chi connectivity index (χ1n) is 5.45. The molecular weight excluding hydrogens is 196 g/mol. The standard InChI is InChI=1S/C11H18O4/c1-4-10(2)7-11(5-6-14-10)8(15-11)9(12)13-3/h8H,4-7H2,1-3H3. The fraction of sp³-hybridized carbons (Fsp3) is 0.909. The number of hydrogen-bond acceptors (Lipinski definition) is 4. The number of hydrogen-bond donors (Lipinski definition) is 0. The molecule has 0 radical (unpaired) electrons. The van der Waals surface area contributed by atoms with Gasteiger partial charge in [0.05, 0.1) is 19.3 Å². The van der Waals surface area contributed by atoms with Crippen molar-refractivity contribution in [3.8, 4) is 0 Å². The van der Waals surface area contributed by atoms with Gasteiger partial charge in [-0.2, -0.15) is 0 Å². The number of rotatable bonds is 2. The fourth-order valence-corrected chi connectivity index (χ4v) is 2.36. The van der Waals surface area contributed by atoms with Gasteiger partial charge in [0, 0.05) is 12.8 Å². The molecule has 3 atom stereocenters. The largest absolute Gasteiger partial charge is 0.467 e. The molecule has 3 unspecified atom stereocenters. The molecule has 0 aromatic carbocycles. The highest BCUT2D eigenvalue weighted by atomic mass is 16.7. The Kier molecular flexibility index (Phi) is 2.51. The molecule has 0 aromatic heterocycles. The van der Waals surface area contributed by atoms with Crippen molar-refractivity contribution >= 4 is 5.97 Å². The van der Waals surface area contributed by atoms with Crippen molar-refractivity contribution in [2.45, 2.75) is 50.4 Å². The molecule has 2 fully saturated rings. The Bertz CT molecular complexity index is 278. The molecule has 0 N–H and O–H groups in total. The average molecular weight is 214 g/mol. The summed E-state index contributed by atoms with van der Waals surface area (Å²) in [5, 5.41) is 0. The minimum absolute atomic E-state index is 0.152. The number of ether oxygens (including phenoxy) is 3. The van der Waals surface area contributed by atoms with Crippen molar-refractivity contribution in [3.05, 3.63) is 0 Å². The van der Waals surface area contributed by atoms with Gasteiger partial charge in [-0.1, -0.05) is 6.92 Å². The zero-order valence-electron chi connectivity index (χ0n) is 9.54. The smallest absolute Gasteiger partial charge is 0.338 e. The lowest BCUT2D eigenvalue weighted by Gasteiger charge is -2.36. The third-order valence-corrected chi connectivity index (χ3v) is 3.59. The van der Waals surface area contributed by atoms with Crippen LogP contribution in [0.1, 0.15) is 33.1 Å². The highest BCUT2D eigenvalue weighted by Gasteiger charge is 2.64. The number of esters is 1. The summed E-state index contributed by atoms with van der Waals surface area (Å²) in [5.74, 6) is -0.254. The summed E-state index contributed by atoms with van der Waals surface area (Å²) in [6.07, 6.45) is 2.15. The van der Waals surface area contributed by atoms with Crippen LogP contribution in [0.4, 0.5) is 0 Å². The monoisotopic (exact) mass is 214 g/mol. The quantitative estimate of drug-likeness (QED) is 0.513. The van der Waals surface area contributed by atoms with Crippen LogP contribution >= 0.6 is 0 Å². The van der Waals surface area contributed by atoms with Gasteiger partial charge in [0.2, 0.25) is 0 Å². The topological polar surface area (TPSA) is 48.1 Å². The van der Waals surface area contributed by atoms with E-state index in [2.05, 4.69) is 13.8 Å². The second-order valence-electron chi connectivity index (χ2n) is 4.66. The lowest BCUT2D eigenvalue weighted by Crippen LogP contribution is -2.42. The van der Waals surface area contributed by atoms with Crippen LogP contribution < -0.4 is 0 Å². The first kappa shape index (κ1) is 10.9. The summed E-state index contributed by atoms with van der Waals surface area (Å²) >= 11 is 0. The second-order valence-corrected chi connectivity index (χ2v) is 4.66. The van der Waals surface area contributed by atoms with E-state index in [1.165, 1.54) is 7.11 Å². The third-order valence-electron chi connectivity index (χ3n) is 3.59. The average Bonchev–Trinajstić information content (AvgIpc) is 2.90. The van der Waals surface area contributed by atoms with Crippen molar-refractivity contribution in [3.63, 3.8) is 0 Å². The van der Waals surface area contributed by atoms with E-state index < -0.39 is 0 Å². The van der Waals surface area contributed by atoms with Crippen molar-refractivity contribution in [1.29, 1.82) is 0 Å². The minimum Gasteiger partial charge on any atom is -0.467 e. The maximum absolute atomic E-state index is 11.4. The molecule has 4 nitrogen and oxygen atoms in total. The van der Waals surface area contributed by atoms with Gasteiger partial charge in [0.15, 0.2) is 6.10 Å². The first-order chi connectivity index (χ1) is 7.05. The van der Waals surface area contributed by atoms with Crippen LogP contribution in [0.5, 0.6) is 0 Å². The molecular formula is C11H18O4. The number of carbonyl (C=O) groups excluding carboxylic acids is 1. The maximum atomic E-state index is 11.4. The van der Waals surface area contributed by atoms with E-state index in [1.54, 1.807) is 0 Å². The Labute approximate surface area is 89.9 Å². The summed E-state index contributed by atoms with van der Waals surface area (Å²) in [4.78, 5) is 11.4. The number of methoxy groups -OCH3 is 1. The van der Waals surface area contributed by atoms with E-state index in [1.807, 2.05) is 0 Å². The van der Waals surface area contributed by atoms with Gasteiger partial charge in [-0.3, -0.25) is 0 Å². The molecule has 0 amide bonds. The van der Waals surface area contributed by atoms with E-state index in [-0.39, 0.29) is 23.3 Å². The molecule has 2 rings (SSSR count). The lowest BCUT2D eigenvalue weighted by atomic mass is 9.83. The SMILES string of the molecule is CCC1(C)CC2(CCO1)OC2C(=O)OC. The number of epoxide rings is 1. The van der Waals surface area contributed by atoms with E-state index in [0.717, 1.165) is 19.3 Å². The Morgan fingerprint density at radius 1 is 1.60 bits per heavy atom. The molecule has 0 bridgehead atoms. The zero-order valence-corrected chi connectivity index (χ0v) is 9.54. The highest BCUT2D eigenvalue weighted by molar-refractivity contribution is 5.79. The Morgan fingerprint density at radius 3 is 2.93 bits per heavy atom. The van der Waals surface area contributed by atoms with Crippen LogP contribution in [0.25, 0.3) is 0 Å². The summed E-state index contributed by atoms with van der Waals surface area (Å²) in [7, 11) is 1.40. The van der Waals surface area contributed by atoms with Crippen LogP contribution in [-0.4, -0.2) is 37.0 Å².